The summed E-state index contributed by atoms with van der Waals surface area (Å²) < 4.78 is 0. The Hall–Kier alpha value is -1.08. The molecule has 1 aromatic rings. The van der Waals surface area contributed by atoms with Gasteiger partial charge in [-0.25, -0.2) is 0 Å². The minimum absolute atomic E-state index is 0.107. The minimum atomic E-state index is -0.320. The van der Waals surface area contributed by atoms with Crippen LogP contribution in [0.1, 0.15) is 50.2 Å². The molecule has 0 N–H and O–H groups in total. The van der Waals surface area contributed by atoms with Crippen molar-refractivity contribution >= 4 is 23.5 Å². The first-order valence-electron chi connectivity index (χ1n) is 6.56. The SMILES string of the molecule is CC(C)c1ccc(C=C2CCCC(Cl)C2=O)cc1. The van der Waals surface area contributed by atoms with Crippen molar-refractivity contribution in [2.45, 2.75) is 44.4 Å². The summed E-state index contributed by atoms with van der Waals surface area (Å²) in [6.45, 7) is 4.35. The lowest BCUT2D eigenvalue weighted by atomic mass is 9.91. The van der Waals surface area contributed by atoms with Crippen molar-refractivity contribution in [3.05, 3.63) is 41.0 Å². The maximum Gasteiger partial charge on any atom is 0.176 e. The smallest absolute Gasteiger partial charge is 0.176 e. The summed E-state index contributed by atoms with van der Waals surface area (Å²) in [4.78, 5) is 11.9. The van der Waals surface area contributed by atoms with E-state index in [1.54, 1.807) is 0 Å². The van der Waals surface area contributed by atoms with Crippen molar-refractivity contribution in [3.8, 4) is 0 Å². The van der Waals surface area contributed by atoms with Crippen LogP contribution < -0.4 is 0 Å². The van der Waals surface area contributed by atoms with E-state index in [9.17, 15) is 4.79 Å². The molecule has 0 spiro atoms. The van der Waals surface area contributed by atoms with Crippen molar-refractivity contribution in [2.24, 2.45) is 0 Å². The number of Topliss-reactive ketones (excluding diaryl/α,β-unsaturated/α-hetero) is 1. The zero-order valence-corrected chi connectivity index (χ0v) is 11.7. The van der Waals surface area contributed by atoms with Crippen molar-refractivity contribution in [1.82, 2.24) is 0 Å². The van der Waals surface area contributed by atoms with E-state index >= 15 is 0 Å². The van der Waals surface area contributed by atoms with E-state index in [0.29, 0.717) is 5.92 Å². The van der Waals surface area contributed by atoms with Gasteiger partial charge in [-0.15, -0.1) is 11.6 Å². The van der Waals surface area contributed by atoms with E-state index in [0.717, 1.165) is 30.4 Å². The highest BCUT2D eigenvalue weighted by Gasteiger charge is 2.24. The molecule has 2 heteroatoms. The third kappa shape index (κ3) is 3.02. The summed E-state index contributed by atoms with van der Waals surface area (Å²) in [6.07, 6.45) is 4.66. The second-order valence-corrected chi connectivity index (χ2v) is 5.74. The van der Waals surface area contributed by atoms with E-state index in [2.05, 4.69) is 38.1 Å². The van der Waals surface area contributed by atoms with E-state index < -0.39 is 0 Å². The first-order valence-corrected chi connectivity index (χ1v) is 7.00. The summed E-state index contributed by atoms with van der Waals surface area (Å²) >= 11 is 6.00. The van der Waals surface area contributed by atoms with Crippen LogP contribution in [0.15, 0.2) is 29.8 Å². The van der Waals surface area contributed by atoms with Gasteiger partial charge in [-0.3, -0.25) is 4.79 Å². The quantitative estimate of drug-likeness (QED) is 0.564. The predicted octanol–water partition coefficient (Wildman–Crippen LogP) is 4.55. The van der Waals surface area contributed by atoms with Gasteiger partial charge in [0.2, 0.25) is 0 Å². The molecular weight excluding hydrogens is 244 g/mol. The topological polar surface area (TPSA) is 17.1 Å². The molecule has 0 radical (unpaired) electrons. The molecule has 0 aliphatic heterocycles. The fourth-order valence-electron chi connectivity index (χ4n) is 2.25. The Balaban J connectivity index is 2.19. The molecule has 96 valence electrons. The van der Waals surface area contributed by atoms with Gasteiger partial charge >= 0.3 is 0 Å². The van der Waals surface area contributed by atoms with Crippen molar-refractivity contribution < 1.29 is 4.79 Å². The highest BCUT2D eigenvalue weighted by molar-refractivity contribution is 6.34. The van der Waals surface area contributed by atoms with Crippen LogP contribution in [0.2, 0.25) is 0 Å². The number of hydrogen-bond donors (Lipinski definition) is 0. The van der Waals surface area contributed by atoms with Gasteiger partial charge < -0.3 is 0 Å². The molecule has 0 aromatic heterocycles. The number of halogens is 1. The van der Waals surface area contributed by atoms with E-state index in [4.69, 9.17) is 11.6 Å². The number of rotatable bonds is 2. The third-order valence-corrected chi connectivity index (χ3v) is 3.87. The Kier molecular flexibility index (Phi) is 4.23. The first kappa shape index (κ1) is 13.4. The van der Waals surface area contributed by atoms with Crippen LogP contribution in [0.3, 0.4) is 0 Å². The lowest BCUT2D eigenvalue weighted by Crippen LogP contribution is -2.21. The van der Waals surface area contributed by atoms with Gasteiger partial charge in [0.05, 0.1) is 5.38 Å². The van der Waals surface area contributed by atoms with E-state index in [1.165, 1.54) is 5.56 Å². The fourth-order valence-corrected chi connectivity index (χ4v) is 2.54. The molecule has 18 heavy (non-hydrogen) atoms. The number of allylic oxidation sites excluding steroid dienone is 1. The van der Waals surface area contributed by atoms with Crippen LogP contribution in [0.4, 0.5) is 0 Å². The lowest BCUT2D eigenvalue weighted by Gasteiger charge is -2.17. The minimum Gasteiger partial charge on any atom is -0.293 e. The van der Waals surface area contributed by atoms with E-state index in [1.807, 2.05) is 6.08 Å². The average molecular weight is 263 g/mol. The van der Waals surface area contributed by atoms with Gasteiger partial charge in [0.25, 0.3) is 0 Å². The second kappa shape index (κ2) is 5.71. The van der Waals surface area contributed by atoms with Crippen LogP contribution in [0.25, 0.3) is 6.08 Å². The number of alkyl halides is 1. The van der Waals surface area contributed by atoms with E-state index in [-0.39, 0.29) is 11.2 Å². The summed E-state index contributed by atoms with van der Waals surface area (Å²) in [5.41, 5.74) is 3.29. The Morgan fingerprint density at radius 1 is 1.28 bits per heavy atom. The summed E-state index contributed by atoms with van der Waals surface area (Å²) in [5.74, 6) is 0.645. The number of carbonyl (C=O) groups excluding carboxylic acids is 1. The number of benzene rings is 1. The van der Waals surface area contributed by atoms with Gasteiger partial charge in [0.15, 0.2) is 5.78 Å². The monoisotopic (exact) mass is 262 g/mol. The highest BCUT2D eigenvalue weighted by atomic mass is 35.5. The molecule has 2 rings (SSSR count). The number of ketones is 1. The normalized spacial score (nSPS) is 22.8. The molecule has 0 bridgehead atoms. The average Bonchev–Trinajstić information content (AvgIpc) is 2.36. The first-order chi connectivity index (χ1) is 8.58. The van der Waals surface area contributed by atoms with Gasteiger partial charge in [-0.1, -0.05) is 38.1 Å². The molecule has 1 aliphatic carbocycles. The molecule has 0 amide bonds. The summed E-state index contributed by atoms with van der Waals surface area (Å²) in [6, 6.07) is 8.41. The van der Waals surface area contributed by atoms with Crippen molar-refractivity contribution in [1.29, 1.82) is 0 Å². The molecule has 1 atom stereocenters. The molecule has 1 fully saturated rings. The Labute approximate surface area is 114 Å². The van der Waals surface area contributed by atoms with Crippen LogP contribution in [0, 0.1) is 0 Å². The number of carbonyl (C=O) groups is 1. The van der Waals surface area contributed by atoms with Crippen LogP contribution in [-0.4, -0.2) is 11.2 Å². The zero-order chi connectivity index (χ0) is 13.1. The molecule has 0 heterocycles. The lowest BCUT2D eigenvalue weighted by molar-refractivity contribution is -0.116. The van der Waals surface area contributed by atoms with Crippen molar-refractivity contribution in [2.75, 3.05) is 0 Å². The highest BCUT2D eigenvalue weighted by Crippen LogP contribution is 2.26. The summed E-state index contributed by atoms with van der Waals surface area (Å²) in [5, 5.41) is -0.320. The Bertz CT molecular complexity index is 456. The standard InChI is InChI=1S/C16H19ClO/c1-11(2)13-8-6-12(7-9-13)10-14-4-3-5-15(17)16(14)18/h6-11,15H,3-5H2,1-2H3. The van der Waals surface area contributed by atoms with Gasteiger partial charge in [-0.05, 0) is 48.0 Å². The van der Waals surface area contributed by atoms with Crippen LogP contribution in [-0.2, 0) is 4.79 Å². The summed E-state index contributed by atoms with van der Waals surface area (Å²) in [7, 11) is 0. The second-order valence-electron chi connectivity index (χ2n) is 5.21. The molecular formula is C16H19ClO. The number of hydrogen-bond acceptors (Lipinski definition) is 1. The maximum atomic E-state index is 11.9. The van der Waals surface area contributed by atoms with Gasteiger partial charge in [0.1, 0.15) is 0 Å². The Morgan fingerprint density at radius 3 is 2.56 bits per heavy atom. The van der Waals surface area contributed by atoms with Crippen LogP contribution in [0.5, 0.6) is 0 Å². The molecule has 1 saturated carbocycles. The predicted molar refractivity (Wildman–Crippen MR) is 77.0 cm³/mol. The molecule has 1 aromatic carbocycles. The largest absolute Gasteiger partial charge is 0.293 e. The van der Waals surface area contributed by atoms with Crippen molar-refractivity contribution in [3.63, 3.8) is 0 Å². The van der Waals surface area contributed by atoms with Gasteiger partial charge in [0, 0.05) is 0 Å². The Morgan fingerprint density at radius 2 is 1.94 bits per heavy atom. The zero-order valence-electron chi connectivity index (χ0n) is 10.9. The maximum absolute atomic E-state index is 11.9. The van der Waals surface area contributed by atoms with Crippen LogP contribution >= 0.6 is 11.6 Å². The van der Waals surface area contributed by atoms with Gasteiger partial charge in [-0.2, -0.15) is 0 Å². The molecule has 1 unspecified atom stereocenters. The molecule has 1 aliphatic rings. The third-order valence-electron chi connectivity index (χ3n) is 3.45. The molecule has 0 saturated heterocycles. The molecule has 1 nitrogen and oxygen atoms in total. The fraction of sp³-hybridized carbons (Fsp3) is 0.438.